The van der Waals surface area contributed by atoms with E-state index in [1.807, 2.05) is 0 Å². The first kappa shape index (κ1) is 10.2. The molecule has 1 rings (SSSR count). The largest absolute Gasteiger partial charge is 0.394 e. The molecule has 0 aromatic rings. The second kappa shape index (κ2) is 3.91. The first-order valence-electron chi connectivity index (χ1n) is 3.56. The Kier molecular flexibility index (Phi) is 3.33. The zero-order valence-corrected chi connectivity index (χ0v) is 7.13. The summed E-state index contributed by atoms with van der Waals surface area (Å²) in [5, 5.41) is 36.2. The van der Waals surface area contributed by atoms with Crippen LogP contribution in [0, 0.1) is 0 Å². The van der Waals surface area contributed by atoms with Crippen LogP contribution < -0.4 is 0 Å². The summed E-state index contributed by atoms with van der Waals surface area (Å²) >= 11 is 3.81. The summed E-state index contributed by atoms with van der Waals surface area (Å²) in [7, 11) is 0. The number of hydrogen-bond acceptors (Lipinski definition) is 6. The lowest BCUT2D eigenvalue weighted by Gasteiger charge is -2.37. The Morgan fingerprint density at radius 3 is 2.17 bits per heavy atom. The van der Waals surface area contributed by atoms with Gasteiger partial charge in [0.25, 0.3) is 0 Å². The summed E-state index contributed by atoms with van der Waals surface area (Å²) in [5.74, 6) is 0. The van der Waals surface area contributed by atoms with Crippen molar-refractivity contribution < 1.29 is 25.2 Å². The fraction of sp³-hybridized carbons (Fsp3) is 1.00. The molecule has 0 aliphatic carbocycles. The van der Waals surface area contributed by atoms with Gasteiger partial charge in [0, 0.05) is 0 Å². The van der Waals surface area contributed by atoms with Crippen LogP contribution in [0.15, 0.2) is 0 Å². The van der Waals surface area contributed by atoms with E-state index in [2.05, 4.69) is 12.6 Å². The number of hydrogen-bond donors (Lipinski definition) is 5. The van der Waals surface area contributed by atoms with E-state index >= 15 is 0 Å². The van der Waals surface area contributed by atoms with Crippen molar-refractivity contribution in [2.24, 2.45) is 0 Å². The standard InChI is InChI=1S/C6H12O5S/c7-1-2-3(8)4(9)5(10)6(12)11-2/h2-10,12H,1H2/t2-,3+,4+,5-,6+/m1/s1. The number of aliphatic hydroxyl groups excluding tert-OH is 4. The molecule has 0 bridgehead atoms. The van der Waals surface area contributed by atoms with Gasteiger partial charge in [-0.3, -0.25) is 0 Å². The molecule has 1 saturated heterocycles. The third kappa shape index (κ3) is 1.73. The average Bonchev–Trinajstić information content (AvgIpc) is 2.08. The molecule has 1 heterocycles. The van der Waals surface area contributed by atoms with Gasteiger partial charge in [-0.15, -0.1) is 12.6 Å². The molecule has 0 aromatic heterocycles. The molecular weight excluding hydrogens is 184 g/mol. The summed E-state index contributed by atoms with van der Waals surface area (Å²) in [6.45, 7) is -0.415. The van der Waals surface area contributed by atoms with Crippen molar-refractivity contribution in [1.82, 2.24) is 0 Å². The van der Waals surface area contributed by atoms with Crippen LogP contribution in [-0.4, -0.2) is 56.9 Å². The van der Waals surface area contributed by atoms with E-state index in [0.717, 1.165) is 0 Å². The second-order valence-electron chi connectivity index (χ2n) is 2.72. The summed E-state index contributed by atoms with van der Waals surface area (Å²) in [5.41, 5.74) is -0.874. The molecule has 0 spiro atoms. The minimum absolute atomic E-state index is 0.415. The minimum atomic E-state index is -1.32. The quantitative estimate of drug-likeness (QED) is 0.305. The lowest BCUT2D eigenvalue weighted by molar-refractivity contribution is -0.205. The van der Waals surface area contributed by atoms with Crippen LogP contribution in [0.5, 0.6) is 0 Å². The highest BCUT2D eigenvalue weighted by Crippen LogP contribution is 2.22. The first-order chi connectivity index (χ1) is 5.57. The van der Waals surface area contributed by atoms with Gasteiger partial charge in [-0.25, -0.2) is 0 Å². The van der Waals surface area contributed by atoms with Gasteiger partial charge < -0.3 is 25.2 Å². The van der Waals surface area contributed by atoms with Crippen LogP contribution >= 0.6 is 12.6 Å². The van der Waals surface area contributed by atoms with Gasteiger partial charge in [0.1, 0.15) is 29.9 Å². The molecule has 5 atom stereocenters. The molecular formula is C6H12O5S. The van der Waals surface area contributed by atoms with Crippen molar-refractivity contribution in [1.29, 1.82) is 0 Å². The highest BCUT2D eigenvalue weighted by atomic mass is 32.1. The molecule has 4 N–H and O–H groups in total. The molecule has 1 fully saturated rings. The highest BCUT2D eigenvalue weighted by Gasteiger charge is 2.41. The van der Waals surface area contributed by atoms with Crippen molar-refractivity contribution in [2.75, 3.05) is 6.61 Å². The van der Waals surface area contributed by atoms with Crippen LogP contribution in [0.2, 0.25) is 0 Å². The number of thiol groups is 1. The van der Waals surface area contributed by atoms with Crippen LogP contribution in [0.4, 0.5) is 0 Å². The minimum Gasteiger partial charge on any atom is -0.394 e. The number of rotatable bonds is 1. The van der Waals surface area contributed by atoms with Gasteiger partial charge in [0.05, 0.1) is 6.61 Å². The maximum absolute atomic E-state index is 9.20. The first-order valence-corrected chi connectivity index (χ1v) is 4.08. The SMILES string of the molecule is OC[C@H]1O[C@@H](S)[C@H](O)[C@@H](O)[C@H]1O. The molecule has 5 nitrogen and oxygen atoms in total. The summed E-state index contributed by atoms with van der Waals surface area (Å²) in [4.78, 5) is 0. The predicted molar refractivity (Wildman–Crippen MR) is 42.8 cm³/mol. The van der Waals surface area contributed by atoms with Gasteiger partial charge in [-0.1, -0.05) is 0 Å². The third-order valence-electron chi connectivity index (χ3n) is 1.87. The van der Waals surface area contributed by atoms with Gasteiger partial charge >= 0.3 is 0 Å². The predicted octanol–water partition coefficient (Wildman–Crippen LogP) is -2.28. The Bertz CT molecular complexity index is 150. The van der Waals surface area contributed by atoms with Gasteiger partial charge in [-0.2, -0.15) is 0 Å². The second-order valence-corrected chi connectivity index (χ2v) is 3.23. The Morgan fingerprint density at radius 1 is 1.08 bits per heavy atom. The Hall–Kier alpha value is 0.150. The van der Waals surface area contributed by atoms with E-state index in [4.69, 9.17) is 14.9 Å². The zero-order chi connectivity index (χ0) is 9.30. The molecule has 12 heavy (non-hydrogen) atoms. The summed E-state index contributed by atoms with van der Waals surface area (Å²) in [6, 6.07) is 0. The maximum atomic E-state index is 9.20. The normalized spacial score (nSPS) is 49.2. The number of aliphatic hydroxyl groups is 4. The van der Waals surface area contributed by atoms with Gasteiger partial charge in [-0.05, 0) is 0 Å². The molecule has 1 aliphatic heterocycles. The molecule has 6 heteroatoms. The molecule has 0 aromatic carbocycles. The molecule has 0 unspecified atom stereocenters. The molecule has 0 radical (unpaired) electrons. The molecule has 0 amide bonds. The van der Waals surface area contributed by atoms with Crippen molar-refractivity contribution >= 4 is 12.6 Å². The smallest absolute Gasteiger partial charge is 0.129 e. The Labute approximate surface area is 75.0 Å². The summed E-state index contributed by atoms with van der Waals surface area (Å²) in [6.07, 6.45) is -4.70. The van der Waals surface area contributed by atoms with Gasteiger partial charge in [0.2, 0.25) is 0 Å². The lowest BCUT2D eigenvalue weighted by Crippen LogP contribution is -2.56. The number of ether oxygens (including phenoxy) is 1. The van der Waals surface area contributed by atoms with Gasteiger partial charge in [0.15, 0.2) is 0 Å². The van der Waals surface area contributed by atoms with E-state index in [1.165, 1.54) is 0 Å². The highest BCUT2D eigenvalue weighted by molar-refractivity contribution is 7.80. The summed E-state index contributed by atoms with van der Waals surface area (Å²) < 4.78 is 4.88. The third-order valence-corrected chi connectivity index (χ3v) is 2.29. The molecule has 0 saturated carbocycles. The van der Waals surface area contributed by atoms with Crippen molar-refractivity contribution in [3.8, 4) is 0 Å². The topological polar surface area (TPSA) is 90.2 Å². The maximum Gasteiger partial charge on any atom is 0.129 e. The van der Waals surface area contributed by atoms with E-state index in [-0.39, 0.29) is 0 Å². The van der Waals surface area contributed by atoms with Crippen molar-refractivity contribution in [3.05, 3.63) is 0 Å². The lowest BCUT2D eigenvalue weighted by atomic mass is 10.0. The van der Waals surface area contributed by atoms with Crippen molar-refractivity contribution in [2.45, 2.75) is 29.9 Å². The molecule has 1 aliphatic rings. The Balaban J connectivity index is 2.63. The average molecular weight is 196 g/mol. The van der Waals surface area contributed by atoms with Crippen LogP contribution in [0.3, 0.4) is 0 Å². The molecule has 72 valence electrons. The van der Waals surface area contributed by atoms with E-state index in [1.54, 1.807) is 0 Å². The van der Waals surface area contributed by atoms with E-state index < -0.39 is 36.5 Å². The van der Waals surface area contributed by atoms with E-state index in [0.29, 0.717) is 0 Å². The van der Waals surface area contributed by atoms with E-state index in [9.17, 15) is 10.2 Å². The zero-order valence-electron chi connectivity index (χ0n) is 6.24. The monoisotopic (exact) mass is 196 g/mol. The van der Waals surface area contributed by atoms with Crippen LogP contribution in [0.1, 0.15) is 0 Å². The fourth-order valence-corrected chi connectivity index (χ4v) is 1.41. The van der Waals surface area contributed by atoms with Crippen LogP contribution in [-0.2, 0) is 4.74 Å². The Morgan fingerprint density at radius 2 is 1.67 bits per heavy atom. The van der Waals surface area contributed by atoms with Crippen molar-refractivity contribution in [3.63, 3.8) is 0 Å². The fourth-order valence-electron chi connectivity index (χ4n) is 1.08. The van der Waals surface area contributed by atoms with Crippen LogP contribution in [0.25, 0.3) is 0 Å².